The fourth-order valence-electron chi connectivity index (χ4n) is 2.40. The van der Waals surface area contributed by atoms with Crippen LogP contribution in [0.25, 0.3) is 11.4 Å². The average molecular weight is 319 g/mol. The summed E-state index contributed by atoms with van der Waals surface area (Å²) in [6.07, 6.45) is 1.36. The van der Waals surface area contributed by atoms with E-state index < -0.39 is 5.97 Å². The highest BCUT2D eigenvalue weighted by Crippen LogP contribution is 2.27. The molecule has 0 saturated carbocycles. The van der Waals surface area contributed by atoms with Gasteiger partial charge in [-0.15, -0.1) is 0 Å². The summed E-state index contributed by atoms with van der Waals surface area (Å²) in [5, 5.41) is 9.46. The molecule has 120 valence electrons. The summed E-state index contributed by atoms with van der Waals surface area (Å²) in [6.45, 7) is 2.00. The number of benzene rings is 2. The standard InChI is InChI=1S/C19H17N3O2/c1-13-8-10-15(11-9-13)22(2)18-16(19(23)24)12-20-17(21-18)14-6-4-3-5-7-14/h3-12H,1-2H3,(H,23,24). The molecule has 0 aliphatic carbocycles. The van der Waals surface area contributed by atoms with Crippen molar-refractivity contribution in [1.29, 1.82) is 0 Å². The van der Waals surface area contributed by atoms with Crippen LogP contribution in [0, 0.1) is 6.92 Å². The second-order valence-electron chi connectivity index (χ2n) is 5.50. The number of hydrogen-bond donors (Lipinski definition) is 1. The lowest BCUT2D eigenvalue weighted by Gasteiger charge is -2.20. The van der Waals surface area contributed by atoms with Gasteiger partial charge in [-0.05, 0) is 19.1 Å². The molecule has 1 aromatic heterocycles. The zero-order valence-electron chi connectivity index (χ0n) is 13.5. The maximum absolute atomic E-state index is 11.6. The molecule has 0 amide bonds. The summed E-state index contributed by atoms with van der Waals surface area (Å²) in [7, 11) is 1.80. The number of aromatic carboxylic acids is 1. The smallest absolute Gasteiger partial charge is 0.341 e. The Morgan fingerprint density at radius 1 is 1.04 bits per heavy atom. The summed E-state index contributed by atoms with van der Waals surface area (Å²) in [4.78, 5) is 22.0. The van der Waals surface area contributed by atoms with Crippen molar-refractivity contribution in [3.63, 3.8) is 0 Å². The van der Waals surface area contributed by atoms with Crippen molar-refractivity contribution < 1.29 is 9.90 Å². The highest BCUT2D eigenvalue weighted by atomic mass is 16.4. The molecular weight excluding hydrogens is 302 g/mol. The van der Waals surface area contributed by atoms with Crippen LogP contribution in [0.2, 0.25) is 0 Å². The Morgan fingerprint density at radius 3 is 2.33 bits per heavy atom. The molecule has 0 saturated heterocycles. The predicted molar refractivity (Wildman–Crippen MR) is 93.7 cm³/mol. The van der Waals surface area contributed by atoms with Crippen LogP contribution in [0.5, 0.6) is 0 Å². The Balaban J connectivity index is 2.09. The molecule has 24 heavy (non-hydrogen) atoms. The third-order valence-corrected chi connectivity index (χ3v) is 3.77. The molecule has 3 rings (SSSR count). The van der Waals surface area contributed by atoms with E-state index in [1.54, 1.807) is 11.9 Å². The summed E-state index contributed by atoms with van der Waals surface area (Å²) < 4.78 is 0. The Labute approximate surface area is 140 Å². The third-order valence-electron chi connectivity index (χ3n) is 3.77. The molecule has 1 heterocycles. The maximum atomic E-state index is 11.6. The van der Waals surface area contributed by atoms with Crippen LogP contribution in [0.4, 0.5) is 11.5 Å². The Morgan fingerprint density at radius 2 is 1.71 bits per heavy atom. The van der Waals surface area contributed by atoms with Crippen molar-refractivity contribution in [3.8, 4) is 11.4 Å². The fraction of sp³-hybridized carbons (Fsp3) is 0.105. The number of aryl methyl sites for hydroxylation is 1. The van der Waals surface area contributed by atoms with E-state index in [4.69, 9.17) is 0 Å². The van der Waals surface area contributed by atoms with Gasteiger partial charge in [0.1, 0.15) is 5.56 Å². The molecule has 5 heteroatoms. The number of nitrogens with zero attached hydrogens (tertiary/aromatic N) is 3. The van der Waals surface area contributed by atoms with Crippen LogP contribution in [-0.2, 0) is 0 Å². The highest BCUT2D eigenvalue weighted by Gasteiger charge is 2.18. The van der Waals surface area contributed by atoms with Crippen LogP contribution in [0.1, 0.15) is 15.9 Å². The van der Waals surface area contributed by atoms with Gasteiger partial charge < -0.3 is 10.0 Å². The van der Waals surface area contributed by atoms with Gasteiger partial charge in [0, 0.05) is 24.5 Å². The minimum atomic E-state index is -1.05. The first-order valence-electron chi connectivity index (χ1n) is 7.52. The molecule has 0 spiro atoms. The van der Waals surface area contributed by atoms with E-state index >= 15 is 0 Å². The molecule has 2 aromatic carbocycles. The molecule has 3 aromatic rings. The molecule has 0 aliphatic rings. The van der Waals surface area contributed by atoms with Crippen molar-refractivity contribution in [1.82, 2.24) is 9.97 Å². The second kappa shape index (κ2) is 6.50. The topological polar surface area (TPSA) is 66.3 Å². The van der Waals surface area contributed by atoms with Gasteiger partial charge in [0.25, 0.3) is 0 Å². The Kier molecular flexibility index (Phi) is 4.24. The maximum Gasteiger partial charge on any atom is 0.341 e. The van der Waals surface area contributed by atoms with E-state index in [9.17, 15) is 9.90 Å². The van der Waals surface area contributed by atoms with Crippen LogP contribution >= 0.6 is 0 Å². The predicted octanol–water partition coefficient (Wildman–Crippen LogP) is 3.92. The number of aromatic nitrogens is 2. The normalized spacial score (nSPS) is 10.4. The van der Waals surface area contributed by atoms with Crippen molar-refractivity contribution in [2.75, 3.05) is 11.9 Å². The van der Waals surface area contributed by atoms with Crippen molar-refractivity contribution in [3.05, 3.63) is 71.9 Å². The van der Waals surface area contributed by atoms with Crippen molar-refractivity contribution in [2.45, 2.75) is 6.92 Å². The molecule has 0 unspecified atom stereocenters. The quantitative estimate of drug-likeness (QED) is 0.789. The molecule has 0 fully saturated rings. The summed E-state index contributed by atoms with van der Waals surface area (Å²) in [6, 6.07) is 17.3. The molecule has 0 aliphatic heterocycles. The van der Waals surface area contributed by atoms with Crippen LogP contribution < -0.4 is 4.90 Å². The zero-order chi connectivity index (χ0) is 17.1. The lowest BCUT2D eigenvalue weighted by Crippen LogP contribution is -2.17. The first-order chi connectivity index (χ1) is 11.6. The third kappa shape index (κ3) is 3.10. The van der Waals surface area contributed by atoms with Crippen molar-refractivity contribution in [2.24, 2.45) is 0 Å². The highest BCUT2D eigenvalue weighted by molar-refractivity contribution is 5.94. The lowest BCUT2D eigenvalue weighted by atomic mass is 10.2. The number of carbonyl (C=O) groups is 1. The number of hydrogen-bond acceptors (Lipinski definition) is 4. The SMILES string of the molecule is Cc1ccc(N(C)c2nc(-c3ccccc3)ncc2C(=O)O)cc1. The summed E-state index contributed by atoms with van der Waals surface area (Å²) in [5.74, 6) is -0.196. The molecule has 1 N–H and O–H groups in total. The summed E-state index contributed by atoms with van der Waals surface area (Å²) in [5.41, 5.74) is 2.91. The van der Waals surface area contributed by atoms with E-state index in [1.807, 2.05) is 61.5 Å². The fourth-order valence-corrected chi connectivity index (χ4v) is 2.40. The van der Waals surface area contributed by atoms with E-state index in [0.717, 1.165) is 16.8 Å². The molecular formula is C19H17N3O2. The van der Waals surface area contributed by atoms with Gasteiger partial charge in [-0.25, -0.2) is 14.8 Å². The Bertz CT molecular complexity index is 862. The minimum Gasteiger partial charge on any atom is -0.477 e. The van der Waals surface area contributed by atoms with Gasteiger partial charge in [-0.1, -0.05) is 48.0 Å². The second-order valence-corrected chi connectivity index (χ2v) is 5.50. The molecule has 0 atom stereocenters. The van der Waals surface area contributed by atoms with Crippen LogP contribution in [0.15, 0.2) is 60.8 Å². The number of carboxylic acids is 1. The molecule has 5 nitrogen and oxygen atoms in total. The largest absolute Gasteiger partial charge is 0.477 e. The van der Waals surface area contributed by atoms with Crippen LogP contribution in [0.3, 0.4) is 0 Å². The zero-order valence-corrected chi connectivity index (χ0v) is 13.5. The van der Waals surface area contributed by atoms with Gasteiger partial charge >= 0.3 is 5.97 Å². The van der Waals surface area contributed by atoms with Gasteiger partial charge in [0.05, 0.1) is 0 Å². The number of rotatable bonds is 4. The van der Waals surface area contributed by atoms with Gasteiger partial charge in [0.15, 0.2) is 11.6 Å². The van der Waals surface area contributed by atoms with E-state index in [-0.39, 0.29) is 5.56 Å². The van der Waals surface area contributed by atoms with Crippen molar-refractivity contribution >= 4 is 17.5 Å². The average Bonchev–Trinajstić information content (AvgIpc) is 2.62. The van der Waals surface area contributed by atoms with Crippen LogP contribution in [-0.4, -0.2) is 28.1 Å². The van der Waals surface area contributed by atoms with Gasteiger partial charge in [0.2, 0.25) is 0 Å². The monoisotopic (exact) mass is 319 g/mol. The lowest BCUT2D eigenvalue weighted by molar-refractivity contribution is 0.0697. The number of anilines is 2. The first-order valence-corrected chi connectivity index (χ1v) is 7.52. The Hall–Kier alpha value is -3.21. The number of carboxylic acid groups (broad SMARTS) is 1. The van der Waals surface area contributed by atoms with Gasteiger partial charge in [-0.2, -0.15) is 0 Å². The van der Waals surface area contributed by atoms with E-state index in [0.29, 0.717) is 11.6 Å². The van der Waals surface area contributed by atoms with E-state index in [1.165, 1.54) is 6.20 Å². The first kappa shape index (κ1) is 15.7. The minimum absolute atomic E-state index is 0.0674. The van der Waals surface area contributed by atoms with E-state index in [2.05, 4.69) is 9.97 Å². The molecule has 0 bridgehead atoms. The van der Waals surface area contributed by atoms with Gasteiger partial charge in [-0.3, -0.25) is 0 Å². The molecule has 0 radical (unpaired) electrons. The summed E-state index contributed by atoms with van der Waals surface area (Å²) >= 11 is 0.